The van der Waals surface area contributed by atoms with Crippen molar-refractivity contribution in [2.24, 2.45) is 0 Å². The third-order valence-corrected chi connectivity index (χ3v) is 4.81. The van der Waals surface area contributed by atoms with Crippen molar-refractivity contribution in [3.05, 3.63) is 47.9 Å². The van der Waals surface area contributed by atoms with E-state index >= 15 is 0 Å². The van der Waals surface area contributed by atoms with E-state index in [1.165, 1.54) is 18.0 Å². The summed E-state index contributed by atoms with van der Waals surface area (Å²) in [7, 11) is 1.68. The van der Waals surface area contributed by atoms with E-state index in [0.717, 1.165) is 43.1 Å². The summed E-state index contributed by atoms with van der Waals surface area (Å²) in [6.07, 6.45) is 4.97. The number of nitriles is 1. The summed E-state index contributed by atoms with van der Waals surface area (Å²) in [6, 6.07) is 10.1. The van der Waals surface area contributed by atoms with Crippen LogP contribution in [0.15, 0.2) is 36.7 Å². The van der Waals surface area contributed by atoms with E-state index in [1.54, 1.807) is 7.11 Å². The van der Waals surface area contributed by atoms with Crippen molar-refractivity contribution in [3.8, 4) is 23.1 Å². The number of nitrogens with one attached hydrogen (secondary N) is 2. The van der Waals surface area contributed by atoms with Gasteiger partial charge in [-0.15, -0.1) is 0 Å². The first-order valence-electron chi connectivity index (χ1n) is 9.07. The first-order valence-corrected chi connectivity index (χ1v) is 9.07. The highest BCUT2D eigenvalue weighted by molar-refractivity contribution is 5.71. The zero-order chi connectivity index (χ0) is 19.3. The third-order valence-electron chi connectivity index (χ3n) is 4.81. The molecule has 0 spiro atoms. The fraction of sp³-hybridized carbons (Fsp3) is 0.300. The highest BCUT2D eigenvalue weighted by atomic mass is 16.5. The summed E-state index contributed by atoms with van der Waals surface area (Å²) in [4.78, 5) is 8.13. The molecule has 0 radical (unpaired) electrons. The van der Waals surface area contributed by atoms with Gasteiger partial charge in [0.05, 0.1) is 25.2 Å². The Kier molecular flexibility index (Phi) is 5.17. The van der Waals surface area contributed by atoms with Crippen LogP contribution in [0.5, 0.6) is 5.75 Å². The lowest BCUT2D eigenvalue weighted by Crippen LogP contribution is -2.14. The maximum Gasteiger partial charge on any atom is 0.158 e. The summed E-state index contributed by atoms with van der Waals surface area (Å²) in [5, 5.41) is 19.2. The zero-order valence-corrected chi connectivity index (χ0v) is 15.5. The lowest BCUT2D eigenvalue weighted by molar-refractivity contribution is 0.0853. The molecule has 1 saturated heterocycles. The second-order valence-corrected chi connectivity index (χ2v) is 6.54. The van der Waals surface area contributed by atoms with Crippen molar-refractivity contribution < 1.29 is 9.47 Å². The molecule has 0 atom stereocenters. The molecule has 3 heterocycles. The molecule has 1 aliphatic rings. The standard InChI is InChI=1S/C20H20N6O2/c1-27-18-8-14(13-4-6-28-7-5-13)2-3-16(18)17-9-19(26-25-17)24-20-12-22-15(10-21)11-23-20/h2-3,8-9,11-13H,4-7H2,1H3,(H2,23,24,25,26). The molecule has 1 aliphatic heterocycles. The number of hydrogen-bond acceptors (Lipinski definition) is 7. The van der Waals surface area contributed by atoms with Crippen LogP contribution in [-0.4, -0.2) is 40.5 Å². The summed E-state index contributed by atoms with van der Waals surface area (Å²) < 4.78 is 11.1. The summed E-state index contributed by atoms with van der Waals surface area (Å²) in [5.41, 5.74) is 3.31. The lowest BCUT2D eigenvalue weighted by atomic mass is 9.90. The Morgan fingerprint density at radius 2 is 2.04 bits per heavy atom. The minimum atomic E-state index is 0.266. The molecule has 142 valence electrons. The van der Waals surface area contributed by atoms with Crippen LogP contribution in [-0.2, 0) is 4.74 Å². The number of ether oxygens (including phenoxy) is 2. The van der Waals surface area contributed by atoms with Gasteiger partial charge in [-0.2, -0.15) is 10.4 Å². The van der Waals surface area contributed by atoms with Crippen LogP contribution in [0.1, 0.15) is 30.0 Å². The van der Waals surface area contributed by atoms with E-state index in [0.29, 0.717) is 17.6 Å². The summed E-state index contributed by atoms with van der Waals surface area (Å²) in [6.45, 7) is 1.62. The van der Waals surface area contributed by atoms with Gasteiger partial charge in [0.25, 0.3) is 0 Å². The van der Waals surface area contributed by atoms with Gasteiger partial charge in [0.15, 0.2) is 11.5 Å². The predicted octanol–water partition coefficient (Wildman–Crippen LogP) is 3.38. The minimum absolute atomic E-state index is 0.266. The molecule has 8 heteroatoms. The number of nitrogens with zero attached hydrogens (tertiary/aromatic N) is 4. The van der Waals surface area contributed by atoms with E-state index < -0.39 is 0 Å². The number of H-pyrrole nitrogens is 1. The normalized spacial score (nSPS) is 14.4. The first kappa shape index (κ1) is 17.9. The molecule has 2 aromatic heterocycles. The Balaban J connectivity index is 1.54. The van der Waals surface area contributed by atoms with Crippen molar-refractivity contribution in [1.82, 2.24) is 20.2 Å². The molecule has 8 nitrogen and oxygen atoms in total. The van der Waals surface area contributed by atoms with Crippen LogP contribution in [0.4, 0.5) is 11.6 Å². The average Bonchev–Trinajstić information content (AvgIpc) is 3.22. The second-order valence-electron chi connectivity index (χ2n) is 6.54. The Morgan fingerprint density at radius 1 is 1.18 bits per heavy atom. The van der Waals surface area contributed by atoms with Gasteiger partial charge in [0.2, 0.25) is 0 Å². The van der Waals surface area contributed by atoms with Gasteiger partial charge in [-0.3, -0.25) is 5.10 Å². The van der Waals surface area contributed by atoms with Crippen molar-refractivity contribution in [2.45, 2.75) is 18.8 Å². The largest absolute Gasteiger partial charge is 0.496 e. The highest BCUT2D eigenvalue weighted by Crippen LogP contribution is 2.35. The number of aromatic amines is 1. The van der Waals surface area contributed by atoms with Gasteiger partial charge in [0, 0.05) is 24.8 Å². The second kappa shape index (κ2) is 8.06. The SMILES string of the molecule is COc1cc(C2CCOCC2)ccc1-c1cc(Nc2cnc(C#N)cn2)n[nH]1. The number of rotatable bonds is 5. The molecule has 3 aromatic rings. The highest BCUT2D eigenvalue weighted by Gasteiger charge is 2.18. The van der Waals surface area contributed by atoms with E-state index in [9.17, 15) is 0 Å². The molecule has 1 fully saturated rings. The molecular formula is C20H20N6O2. The monoisotopic (exact) mass is 376 g/mol. The molecule has 0 unspecified atom stereocenters. The van der Waals surface area contributed by atoms with E-state index in [4.69, 9.17) is 14.7 Å². The van der Waals surface area contributed by atoms with Crippen molar-refractivity contribution in [1.29, 1.82) is 5.26 Å². The van der Waals surface area contributed by atoms with Gasteiger partial charge in [-0.25, -0.2) is 9.97 Å². The number of anilines is 2. The molecule has 1 aromatic carbocycles. The fourth-order valence-corrected chi connectivity index (χ4v) is 3.32. The smallest absolute Gasteiger partial charge is 0.158 e. The minimum Gasteiger partial charge on any atom is -0.496 e. The van der Waals surface area contributed by atoms with Crippen LogP contribution in [0, 0.1) is 11.3 Å². The number of methoxy groups -OCH3 is 1. The maximum absolute atomic E-state index is 8.79. The van der Waals surface area contributed by atoms with Gasteiger partial charge >= 0.3 is 0 Å². The van der Waals surface area contributed by atoms with Gasteiger partial charge in [0.1, 0.15) is 17.6 Å². The topological polar surface area (TPSA) is 109 Å². The molecular weight excluding hydrogens is 356 g/mol. The van der Waals surface area contributed by atoms with E-state index in [1.807, 2.05) is 12.1 Å². The van der Waals surface area contributed by atoms with Crippen molar-refractivity contribution in [3.63, 3.8) is 0 Å². The molecule has 0 bridgehead atoms. The molecule has 2 N–H and O–H groups in total. The van der Waals surface area contributed by atoms with Crippen molar-refractivity contribution in [2.75, 3.05) is 25.6 Å². The number of aromatic nitrogens is 4. The first-order chi connectivity index (χ1) is 13.8. The third kappa shape index (κ3) is 3.80. The Bertz CT molecular complexity index is 987. The van der Waals surface area contributed by atoms with Gasteiger partial charge in [-0.05, 0) is 36.5 Å². The average molecular weight is 376 g/mol. The molecule has 0 aliphatic carbocycles. The predicted molar refractivity (Wildman–Crippen MR) is 103 cm³/mol. The zero-order valence-electron chi connectivity index (χ0n) is 15.5. The molecule has 28 heavy (non-hydrogen) atoms. The van der Waals surface area contributed by atoms with Crippen LogP contribution in [0.2, 0.25) is 0 Å². The van der Waals surface area contributed by atoms with Crippen LogP contribution >= 0.6 is 0 Å². The maximum atomic E-state index is 8.79. The quantitative estimate of drug-likeness (QED) is 0.702. The number of hydrogen-bond donors (Lipinski definition) is 2. The number of benzene rings is 1. The van der Waals surface area contributed by atoms with E-state index in [-0.39, 0.29) is 5.69 Å². The Morgan fingerprint density at radius 3 is 2.75 bits per heavy atom. The van der Waals surface area contributed by atoms with E-state index in [2.05, 4.69) is 43.7 Å². The Hall–Kier alpha value is -3.44. The van der Waals surface area contributed by atoms with Crippen molar-refractivity contribution >= 4 is 11.6 Å². The lowest BCUT2D eigenvalue weighted by Gasteiger charge is -2.23. The van der Waals surface area contributed by atoms with Gasteiger partial charge < -0.3 is 14.8 Å². The Labute approximate surface area is 162 Å². The van der Waals surface area contributed by atoms with Crippen LogP contribution in [0.3, 0.4) is 0 Å². The van der Waals surface area contributed by atoms with Crippen LogP contribution < -0.4 is 10.1 Å². The van der Waals surface area contributed by atoms with Crippen LogP contribution in [0.25, 0.3) is 11.3 Å². The summed E-state index contributed by atoms with van der Waals surface area (Å²) in [5.74, 6) is 2.42. The fourth-order valence-electron chi connectivity index (χ4n) is 3.32. The van der Waals surface area contributed by atoms with Gasteiger partial charge in [-0.1, -0.05) is 6.07 Å². The molecule has 0 amide bonds. The molecule has 4 rings (SSSR count). The summed E-state index contributed by atoms with van der Waals surface area (Å²) >= 11 is 0. The molecule has 0 saturated carbocycles.